The fraction of sp³-hybridized carbons (Fsp3) is 0.0952. The van der Waals surface area contributed by atoms with E-state index < -0.39 is 0 Å². The van der Waals surface area contributed by atoms with Crippen LogP contribution in [0.25, 0.3) is 0 Å². The number of nitrogens with one attached hydrogen (secondary N) is 1. The normalized spacial score (nSPS) is 12.3. The fourth-order valence-corrected chi connectivity index (χ4v) is 4.29. The summed E-state index contributed by atoms with van der Waals surface area (Å²) in [5.74, 6) is -0.0497. The van der Waals surface area contributed by atoms with E-state index in [1.165, 1.54) is 9.79 Å². The maximum Gasteiger partial charge on any atom is 0.226 e. The van der Waals surface area contributed by atoms with Gasteiger partial charge in [0.2, 0.25) is 5.91 Å². The van der Waals surface area contributed by atoms with Crippen molar-refractivity contribution in [2.45, 2.75) is 16.2 Å². The second-order valence-corrected chi connectivity index (χ2v) is 7.46. The molecule has 26 heavy (non-hydrogen) atoms. The Hall–Kier alpha value is -2.43. The van der Waals surface area contributed by atoms with E-state index in [2.05, 4.69) is 34.5 Å². The summed E-state index contributed by atoms with van der Waals surface area (Å²) in [5.41, 5.74) is 2.93. The molecule has 1 heterocycles. The van der Waals surface area contributed by atoms with Gasteiger partial charge in [0.15, 0.2) is 0 Å². The Morgan fingerprint density at radius 2 is 1.46 bits per heavy atom. The highest BCUT2D eigenvalue weighted by Crippen LogP contribution is 2.47. The minimum atomic E-state index is -0.0497. The van der Waals surface area contributed by atoms with Gasteiger partial charge in [-0.3, -0.25) is 4.79 Å². The Labute approximate surface area is 162 Å². The highest BCUT2D eigenvalue weighted by atomic mass is 35.5. The van der Waals surface area contributed by atoms with Crippen molar-refractivity contribution in [3.63, 3.8) is 0 Å². The summed E-state index contributed by atoms with van der Waals surface area (Å²) in [7, 11) is 0. The molecule has 3 nitrogen and oxygen atoms in total. The van der Waals surface area contributed by atoms with E-state index in [4.69, 9.17) is 11.6 Å². The molecule has 0 fully saturated rings. The van der Waals surface area contributed by atoms with Crippen molar-refractivity contribution in [1.29, 1.82) is 0 Å². The van der Waals surface area contributed by atoms with Gasteiger partial charge in [-0.25, -0.2) is 0 Å². The van der Waals surface area contributed by atoms with Gasteiger partial charge >= 0.3 is 0 Å². The molecular weight excluding hydrogens is 364 g/mol. The third kappa shape index (κ3) is 3.43. The third-order valence-electron chi connectivity index (χ3n) is 4.24. The van der Waals surface area contributed by atoms with Crippen molar-refractivity contribution >= 4 is 46.3 Å². The molecule has 4 rings (SSSR count). The topological polar surface area (TPSA) is 32.3 Å². The second kappa shape index (κ2) is 7.44. The van der Waals surface area contributed by atoms with E-state index in [0.29, 0.717) is 23.7 Å². The van der Waals surface area contributed by atoms with Crippen LogP contribution in [0.3, 0.4) is 0 Å². The van der Waals surface area contributed by atoms with Crippen LogP contribution in [0, 0.1) is 0 Å². The van der Waals surface area contributed by atoms with Crippen molar-refractivity contribution in [2.75, 3.05) is 16.8 Å². The first-order valence-electron chi connectivity index (χ1n) is 8.40. The molecule has 0 saturated carbocycles. The Bertz CT molecular complexity index is 915. The molecule has 3 aromatic carbocycles. The van der Waals surface area contributed by atoms with Crippen LogP contribution in [0.1, 0.15) is 6.42 Å². The molecule has 1 aliphatic rings. The summed E-state index contributed by atoms with van der Waals surface area (Å²) >= 11 is 7.89. The summed E-state index contributed by atoms with van der Waals surface area (Å²) in [5, 5.41) is 3.44. The number of hydrogen-bond donors (Lipinski definition) is 1. The van der Waals surface area contributed by atoms with E-state index in [9.17, 15) is 4.79 Å². The number of rotatable bonds is 4. The SMILES string of the molecule is O=C(CCN1c2ccccc2Sc2ccccc21)Nc1ccccc1Cl. The number of para-hydroxylation sites is 3. The van der Waals surface area contributed by atoms with Crippen LogP contribution in [0.15, 0.2) is 82.6 Å². The van der Waals surface area contributed by atoms with Crippen molar-refractivity contribution in [3.05, 3.63) is 77.8 Å². The van der Waals surface area contributed by atoms with Crippen LogP contribution in [-0.2, 0) is 4.79 Å². The van der Waals surface area contributed by atoms with Crippen LogP contribution in [-0.4, -0.2) is 12.5 Å². The maximum atomic E-state index is 12.4. The molecule has 0 aromatic heterocycles. The predicted octanol–water partition coefficient (Wildman–Crippen LogP) is 5.97. The molecule has 0 unspecified atom stereocenters. The average Bonchev–Trinajstić information content (AvgIpc) is 2.67. The number of carbonyl (C=O) groups is 1. The standard InChI is InChI=1S/C21H17ClN2OS/c22-15-7-1-2-8-16(15)23-21(25)13-14-24-17-9-3-5-11-19(17)26-20-12-6-4-10-18(20)24/h1-12H,13-14H2,(H,23,25). The van der Waals surface area contributed by atoms with Gasteiger partial charge in [-0.15, -0.1) is 0 Å². The maximum absolute atomic E-state index is 12.4. The minimum absolute atomic E-state index is 0.0497. The van der Waals surface area contributed by atoms with Gasteiger partial charge in [0.25, 0.3) is 0 Å². The monoisotopic (exact) mass is 380 g/mol. The zero-order chi connectivity index (χ0) is 17.9. The average molecular weight is 381 g/mol. The van der Waals surface area contributed by atoms with Gasteiger partial charge in [0.1, 0.15) is 0 Å². The van der Waals surface area contributed by atoms with Crippen LogP contribution >= 0.6 is 23.4 Å². The lowest BCUT2D eigenvalue weighted by Crippen LogP contribution is -2.25. The van der Waals surface area contributed by atoms with Crippen molar-refractivity contribution in [1.82, 2.24) is 0 Å². The third-order valence-corrected chi connectivity index (χ3v) is 5.70. The van der Waals surface area contributed by atoms with Crippen molar-refractivity contribution in [2.24, 2.45) is 0 Å². The smallest absolute Gasteiger partial charge is 0.226 e. The first-order chi connectivity index (χ1) is 12.7. The molecule has 1 amide bonds. The Kier molecular flexibility index (Phi) is 4.87. The number of carbonyl (C=O) groups excluding carboxylic acids is 1. The van der Waals surface area contributed by atoms with Gasteiger partial charge in [-0.05, 0) is 36.4 Å². The number of halogens is 1. The fourth-order valence-electron chi connectivity index (χ4n) is 3.01. The lowest BCUT2D eigenvalue weighted by atomic mass is 10.2. The summed E-state index contributed by atoms with van der Waals surface area (Å²) in [6, 6.07) is 23.9. The molecule has 1 aliphatic heterocycles. The molecule has 130 valence electrons. The Balaban J connectivity index is 1.53. The summed E-state index contributed by atoms with van der Waals surface area (Å²) in [6.45, 7) is 0.602. The Morgan fingerprint density at radius 3 is 2.12 bits per heavy atom. The summed E-state index contributed by atoms with van der Waals surface area (Å²) < 4.78 is 0. The van der Waals surface area contributed by atoms with Gasteiger partial charge in [-0.1, -0.05) is 59.8 Å². The summed E-state index contributed by atoms with van der Waals surface area (Å²) in [6.07, 6.45) is 0.374. The van der Waals surface area contributed by atoms with Crippen LogP contribution < -0.4 is 10.2 Å². The molecular formula is C21H17ClN2OS. The first-order valence-corrected chi connectivity index (χ1v) is 9.59. The Morgan fingerprint density at radius 1 is 0.885 bits per heavy atom. The molecule has 0 radical (unpaired) electrons. The highest BCUT2D eigenvalue weighted by Gasteiger charge is 2.23. The van der Waals surface area contributed by atoms with Crippen LogP contribution in [0.4, 0.5) is 17.1 Å². The number of nitrogens with zero attached hydrogens (tertiary/aromatic N) is 1. The van der Waals surface area contributed by atoms with Crippen LogP contribution in [0.5, 0.6) is 0 Å². The van der Waals surface area contributed by atoms with Crippen molar-refractivity contribution < 1.29 is 4.79 Å². The number of benzene rings is 3. The lowest BCUT2D eigenvalue weighted by molar-refractivity contribution is -0.116. The first kappa shape index (κ1) is 17.0. The van der Waals surface area contributed by atoms with Crippen LogP contribution in [0.2, 0.25) is 5.02 Å². The van der Waals surface area contributed by atoms with E-state index in [1.807, 2.05) is 42.5 Å². The summed E-state index contributed by atoms with van der Waals surface area (Å²) in [4.78, 5) is 17.1. The zero-order valence-electron chi connectivity index (χ0n) is 14.0. The van der Waals surface area contributed by atoms with E-state index in [0.717, 1.165) is 11.4 Å². The van der Waals surface area contributed by atoms with Gasteiger partial charge in [0.05, 0.1) is 22.1 Å². The van der Waals surface area contributed by atoms with Gasteiger partial charge < -0.3 is 10.2 Å². The van der Waals surface area contributed by atoms with Gasteiger partial charge in [0, 0.05) is 22.8 Å². The molecule has 0 aliphatic carbocycles. The molecule has 1 N–H and O–H groups in total. The lowest BCUT2D eigenvalue weighted by Gasteiger charge is -2.32. The zero-order valence-corrected chi connectivity index (χ0v) is 15.6. The van der Waals surface area contributed by atoms with E-state index >= 15 is 0 Å². The van der Waals surface area contributed by atoms with Gasteiger partial charge in [-0.2, -0.15) is 0 Å². The molecule has 0 atom stereocenters. The molecule has 5 heteroatoms. The van der Waals surface area contributed by atoms with Crippen molar-refractivity contribution in [3.8, 4) is 0 Å². The number of hydrogen-bond acceptors (Lipinski definition) is 3. The van der Waals surface area contributed by atoms with E-state index in [1.54, 1.807) is 17.8 Å². The highest BCUT2D eigenvalue weighted by molar-refractivity contribution is 7.99. The molecule has 0 spiro atoms. The number of amides is 1. The molecule has 0 bridgehead atoms. The quantitative estimate of drug-likeness (QED) is 0.605. The molecule has 0 saturated heterocycles. The van der Waals surface area contributed by atoms with E-state index in [-0.39, 0.29) is 5.91 Å². The number of anilines is 3. The minimum Gasteiger partial charge on any atom is -0.339 e. The largest absolute Gasteiger partial charge is 0.339 e. The second-order valence-electron chi connectivity index (χ2n) is 5.97. The predicted molar refractivity (Wildman–Crippen MR) is 109 cm³/mol. The molecule has 3 aromatic rings. The number of fused-ring (bicyclic) bond motifs is 2.